The van der Waals surface area contributed by atoms with Crippen molar-refractivity contribution in [3.05, 3.63) is 27.7 Å². The molecule has 0 aliphatic carbocycles. The monoisotopic (exact) mass is 309 g/mol. The fourth-order valence-electron chi connectivity index (χ4n) is 2.12. The number of ether oxygens (including phenoxy) is 1. The van der Waals surface area contributed by atoms with Gasteiger partial charge in [0.15, 0.2) is 11.2 Å². The van der Waals surface area contributed by atoms with Gasteiger partial charge in [-0.2, -0.15) is 4.98 Å². The molecule has 0 aliphatic heterocycles. The number of nitrogens with two attached hydrogens (primary N) is 1. The molecule has 0 saturated heterocycles. The molecule has 0 bridgehead atoms. The molecule has 0 saturated carbocycles. The summed E-state index contributed by atoms with van der Waals surface area (Å²) in [5.74, 6) is 0.785. The minimum Gasteiger partial charge on any atom is -0.479 e. The topological polar surface area (TPSA) is 78.8 Å². The Bertz CT molecular complexity index is 768. The summed E-state index contributed by atoms with van der Waals surface area (Å²) in [5.41, 5.74) is 7.22. The maximum absolute atomic E-state index is 6.02. The zero-order chi connectivity index (χ0) is 14.3. The van der Waals surface area contributed by atoms with E-state index in [2.05, 4.69) is 15.0 Å². The quantitative estimate of drug-likeness (QED) is 0.804. The highest BCUT2D eigenvalue weighted by Gasteiger charge is 2.20. The summed E-state index contributed by atoms with van der Waals surface area (Å²) in [5, 5.41) is 0. The van der Waals surface area contributed by atoms with E-state index in [0.717, 1.165) is 9.21 Å². The first-order valence-corrected chi connectivity index (χ1v) is 7.09. The number of thiophene rings is 1. The number of anilines is 1. The molecule has 20 heavy (non-hydrogen) atoms. The van der Waals surface area contributed by atoms with Crippen LogP contribution in [-0.4, -0.2) is 26.6 Å². The van der Waals surface area contributed by atoms with E-state index in [4.69, 9.17) is 22.1 Å². The molecule has 0 fully saturated rings. The van der Waals surface area contributed by atoms with E-state index in [1.807, 2.05) is 23.6 Å². The molecule has 2 N–H and O–H groups in total. The van der Waals surface area contributed by atoms with Crippen molar-refractivity contribution in [3.63, 3.8) is 0 Å². The van der Waals surface area contributed by atoms with Crippen LogP contribution in [0.2, 0.25) is 4.34 Å². The number of hydrogen-bond donors (Lipinski definition) is 1. The van der Waals surface area contributed by atoms with Crippen LogP contribution in [0.4, 0.5) is 5.95 Å². The van der Waals surface area contributed by atoms with Gasteiger partial charge in [-0.3, -0.25) is 4.57 Å². The zero-order valence-corrected chi connectivity index (χ0v) is 12.4. The van der Waals surface area contributed by atoms with E-state index in [9.17, 15) is 0 Å². The second-order valence-electron chi connectivity index (χ2n) is 4.21. The van der Waals surface area contributed by atoms with E-state index in [1.54, 1.807) is 7.11 Å². The molecule has 0 spiro atoms. The molecular weight excluding hydrogens is 298 g/mol. The fraction of sp³-hybridized carbons (Fsp3) is 0.250. The second-order valence-corrected chi connectivity index (χ2v) is 5.96. The standard InChI is InChI=1S/C12H12ClN5OS/c1-6(7-3-4-8(13)20-7)18-10-9(17-12(18)14)11(19-2)16-5-15-10/h3-6H,1-2H3,(H2,14,17). The van der Waals surface area contributed by atoms with Crippen LogP contribution in [0.1, 0.15) is 17.8 Å². The van der Waals surface area contributed by atoms with Gasteiger partial charge in [0.25, 0.3) is 0 Å². The lowest BCUT2D eigenvalue weighted by Crippen LogP contribution is -2.09. The average molecular weight is 310 g/mol. The van der Waals surface area contributed by atoms with Gasteiger partial charge < -0.3 is 10.5 Å². The maximum atomic E-state index is 6.02. The third-order valence-electron chi connectivity index (χ3n) is 3.06. The predicted molar refractivity (Wildman–Crippen MR) is 79.4 cm³/mol. The number of fused-ring (bicyclic) bond motifs is 1. The van der Waals surface area contributed by atoms with Crippen molar-refractivity contribution in [2.45, 2.75) is 13.0 Å². The molecule has 8 heteroatoms. The highest BCUT2D eigenvalue weighted by Crippen LogP contribution is 2.33. The Kier molecular flexibility index (Phi) is 3.23. The molecule has 0 aromatic carbocycles. The Hall–Kier alpha value is -1.86. The number of rotatable bonds is 3. The SMILES string of the molecule is COc1ncnc2c1nc(N)n2C(C)c1ccc(Cl)s1. The number of hydrogen-bond acceptors (Lipinski definition) is 6. The molecule has 1 atom stereocenters. The number of aromatic nitrogens is 4. The van der Waals surface area contributed by atoms with Crippen LogP contribution in [0.3, 0.4) is 0 Å². The Morgan fingerprint density at radius 2 is 2.20 bits per heavy atom. The van der Waals surface area contributed by atoms with Crippen LogP contribution in [-0.2, 0) is 0 Å². The lowest BCUT2D eigenvalue weighted by molar-refractivity contribution is 0.401. The molecule has 0 aliphatic rings. The molecule has 3 aromatic heterocycles. The van der Waals surface area contributed by atoms with Gasteiger partial charge >= 0.3 is 0 Å². The summed E-state index contributed by atoms with van der Waals surface area (Å²) >= 11 is 7.50. The highest BCUT2D eigenvalue weighted by molar-refractivity contribution is 7.16. The van der Waals surface area contributed by atoms with Gasteiger partial charge in [0.05, 0.1) is 17.5 Å². The maximum Gasteiger partial charge on any atom is 0.245 e. The smallest absolute Gasteiger partial charge is 0.245 e. The van der Waals surface area contributed by atoms with Gasteiger partial charge in [0.2, 0.25) is 11.8 Å². The van der Waals surface area contributed by atoms with Crippen molar-refractivity contribution < 1.29 is 4.74 Å². The largest absolute Gasteiger partial charge is 0.479 e. The lowest BCUT2D eigenvalue weighted by Gasteiger charge is -2.13. The summed E-state index contributed by atoms with van der Waals surface area (Å²) < 4.78 is 7.77. The van der Waals surface area contributed by atoms with Crippen molar-refractivity contribution in [1.82, 2.24) is 19.5 Å². The first kappa shape index (κ1) is 13.1. The summed E-state index contributed by atoms with van der Waals surface area (Å²) in [4.78, 5) is 13.7. The normalized spacial score (nSPS) is 12.8. The number of methoxy groups -OCH3 is 1. The highest BCUT2D eigenvalue weighted by atomic mass is 35.5. The number of halogens is 1. The zero-order valence-electron chi connectivity index (χ0n) is 10.9. The van der Waals surface area contributed by atoms with Gasteiger partial charge in [-0.25, -0.2) is 9.97 Å². The van der Waals surface area contributed by atoms with E-state index in [0.29, 0.717) is 23.0 Å². The number of imidazole rings is 1. The fourth-order valence-corrected chi connectivity index (χ4v) is 3.22. The van der Waals surface area contributed by atoms with Gasteiger partial charge in [-0.15, -0.1) is 11.3 Å². The predicted octanol–water partition coefficient (Wildman–Crippen LogP) is 2.74. The Morgan fingerprint density at radius 3 is 2.85 bits per heavy atom. The Morgan fingerprint density at radius 1 is 1.40 bits per heavy atom. The first-order valence-electron chi connectivity index (χ1n) is 5.89. The van der Waals surface area contributed by atoms with E-state index >= 15 is 0 Å². The van der Waals surface area contributed by atoms with Crippen LogP contribution in [0.15, 0.2) is 18.5 Å². The first-order chi connectivity index (χ1) is 9.61. The van der Waals surface area contributed by atoms with Crippen LogP contribution in [0.5, 0.6) is 5.88 Å². The summed E-state index contributed by atoms with van der Waals surface area (Å²) in [6, 6.07) is 3.82. The van der Waals surface area contributed by atoms with Crippen LogP contribution >= 0.6 is 22.9 Å². The average Bonchev–Trinajstić information content (AvgIpc) is 3.00. The van der Waals surface area contributed by atoms with Crippen molar-refractivity contribution in [2.75, 3.05) is 12.8 Å². The van der Waals surface area contributed by atoms with Gasteiger partial charge in [-0.05, 0) is 19.1 Å². The minimum absolute atomic E-state index is 0.0166. The minimum atomic E-state index is -0.0166. The molecule has 6 nitrogen and oxygen atoms in total. The number of nitrogens with zero attached hydrogens (tertiary/aromatic N) is 4. The third kappa shape index (κ3) is 1.99. The van der Waals surface area contributed by atoms with Crippen LogP contribution in [0, 0.1) is 0 Å². The van der Waals surface area contributed by atoms with E-state index in [1.165, 1.54) is 17.7 Å². The van der Waals surface area contributed by atoms with E-state index < -0.39 is 0 Å². The summed E-state index contributed by atoms with van der Waals surface area (Å²) in [7, 11) is 1.54. The van der Waals surface area contributed by atoms with Gasteiger partial charge in [0, 0.05) is 4.88 Å². The Labute approximate surface area is 124 Å². The molecule has 3 rings (SSSR count). The van der Waals surface area contributed by atoms with Crippen LogP contribution in [0.25, 0.3) is 11.2 Å². The molecule has 104 valence electrons. The lowest BCUT2D eigenvalue weighted by atomic mass is 10.2. The van der Waals surface area contributed by atoms with Crippen molar-refractivity contribution in [1.29, 1.82) is 0 Å². The molecule has 1 unspecified atom stereocenters. The van der Waals surface area contributed by atoms with Crippen LogP contribution < -0.4 is 10.5 Å². The van der Waals surface area contributed by atoms with E-state index in [-0.39, 0.29) is 6.04 Å². The van der Waals surface area contributed by atoms with Crippen molar-refractivity contribution >= 4 is 40.0 Å². The molecule has 3 heterocycles. The molecule has 0 amide bonds. The Balaban J connectivity index is 2.18. The molecule has 3 aromatic rings. The number of nitrogen functional groups attached to an aromatic ring is 1. The summed E-state index contributed by atoms with van der Waals surface area (Å²) in [6.07, 6.45) is 1.44. The van der Waals surface area contributed by atoms with Crippen molar-refractivity contribution in [3.8, 4) is 5.88 Å². The third-order valence-corrected chi connectivity index (χ3v) is 4.46. The molecular formula is C12H12ClN5OS. The molecule has 0 radical (unpaired) electrons. The van der Waals surface area contributed by atoms with Crippen molar-refractivity contribution in [2.24, 2.45) is 0 Å². The summed E-state index contributed by atoms with van der Waals surface area (Å²) in [6.45, 7) is 2.02. The van der Waals surface area contributed by atoms with Gasteiger partial charge in [-0.1, -0.05) is 11.6 Å². The second kappa shape index (κ2) is 4.92. The van der Waals surface area contributed by atoms with Gasteiger partial charge in [0.1, 0.15) is 6.33 Å².